The predicted octanol–water partition coefficient (Wildman–Crippen LogP) is 2.98. The van der Waals surface area contributed by atoms with Gasteiger partial charge in [-0.2, -0.15) is 0 Å². The van der Waals surface area contributed by atoms with Gasteiger partial charge in [0.15, 0.2) is 0 Å². The molecule has 0 unspecified atom stereocenters. The number of carbonyl (C=O) groups excluding carboxylic acids is 2. The number of aryl methyl sites for hydroxylation is 2. The molecule has 2 aliphatic heterocycles. The number of halogens is 1. The van der Waals surface area contributed by atoms with Crippen LogP contribution in [0.25, 0.3) is 0 Å². The van der Waals surface area contributed by atoms with Gasteiger partial charge in [-0.3, -0.25) is 0 Å². The Morgan fingerprint density at radius 1 is 1.00 bits per heavy atom. The van der Waals surface area contributed by atoms with Gasteiger partial charge in [-0.1, -0.05) is 18.2 Å². The van der Waals surface area contributed by atoms with Crippen LogP contribution in [0.3, 0.4) is 0 Å². The van der Waals surface area contributed by atoms with Crippen LogP contribution in [0.2, 0.25) is 0 Å². The Kier molecular flexibility index (Phi) is 6.50. The monoisotopic (exact) mass is 439 g/mol. The third-order valence-electron chi connectivity index (χ3n) is 5.64. The Labute approximate surface area is 186 Å². The van der Waals surface area contributed by atoms with Gasteiger partial charge in [0.1, 0.15) is 18.2 Å². The lowest BCUT2D eigenvalue weighted by Gasteiger charge is -2.47. The molecule has 7 nitrogen and oxygen atoms in total. The lowest BCUT2D eigenvalue weighted by molar-refractivity contribution is -0.282. The van der Waals surface area contributed by atoms with Gasteiger partial charge in [0, 0.05) is 37.5 Å². The summed E-state index contributed by atoms with van der Waals surface area (Å²) < 4.78 is 24.4. The van der Waals surface area contributed by atoms with Gasteiger partial charge >= 0.3 is 17.8 Å². The van der Waals surface area contributed by atoms with Gasteiger partial charge in [0.2, 0.25) is 0 Å². The van der Waals surface area contributed by atoms with Crippen LogP contribution < -0.4 is 4.90 Å². The Balaban J connectivity index is 1.47. The van der Waals surface area contributed by atoms with Crippen molar-refractivity contribution >= 4 is 17.8 Å². The predicted molar refractivity (Wildman–Crippen MR) is 116 cm³/mol. The number of unbranched alkanes of at least 4 members (excludes halogenated alkanes) is 1. The molecular weight excluding hydrogens is 413 g/mol. The second-order valence-corrected chi connectivity index (χ2v) is 8.02. The van der Waals surface area contributed by atoms with Crippen LogP contribution in [0.4, 0.5) is 10.2 Å². The molecular formula is C24H26FN3O4. The maximum atomic E-state index is 13.1. The van der Waals surface area contributed by atoms with Crippen molar-refractivity contribution in [3.05, 3.63) is 71.7 Å². The van der Waals surface area contributed by atoms with Crippen molar-refractivity contribution < 1.29 is 23.5 Å². The summed E-state index contributed by atoms with van der Waals surface area (Å²) in [4.78, 5) is 32.9. The summed E-state index contributed by atoms with van der Waals surface area (Å²) in [5.74, 6) is -2.26. The van der Waals surface area contributed by atoms with Crippen molar-refractivity contribution in [1.82, 2.24) is 9.88 Å². The fraction of sp³-hybridized carbons (Fsp3) is 0.375. The summed E-state index contributed by atoms with van der Waals surface area (Å²) in [6.07, 6.45) is 4.65. The van der Waals surface area contributed by atoms with Crippen molar-refractivity contribution in [2.75, 3.05) is 31.1 Å². The Morgan fingerprint density at radius 3 is 2.41 bits per heavy atom. The molecule has 8 heteroatoms. The number of ether oxygens (including phenoxy) is 2. The van der Waals surface area contributed by atoms with E-state index in [1.807, 2.05) is 34.9 Å². The Bertz CT molecular complexity index is 989. The van der Waals surface area contributed by atoms with Crippen molar-refractivity contribution in [2.45, 2.75) is 32.1 Å². The summed E-state index contributed by atoms with van der Waals surface area (Å²) in [7, 11) is 0. The lowest BCUT2D eigenvalue weighted by atomic mass is 10.1. The quantitative estimate of drug-likeness (QED) is 0.506. The van der Waals surface area contributed by atoms with E-state index in [0.29, 0.717) is 19.6 Å². The van der Waals surface area contributed by atoms with Gasteiger partial charge < -0.3 is 14.4 Å². The minimum Gasteiger partial charge on any atom is -0.403 e. The van der Waals surface area contributed by atoms with E-state index in [9.17, 15) is 14.0 Å². The number of anilines is 1. The van der Waals surface area contributed by atoms with Gasteiger partial charge in [0.05, 0.1) is 0 Å². The van der Waals surface area contributed by atoms with Crippen LogP contribution in [-0.4, -0.2) is 53.9 Å². The molecule has 0 N–H and O–H groups in total. The molecule has 0 amide bonds. The van der Waals surface area contributed by atoms with E-state index in [1.165, 1.54) is 12.1 Å². The number of piperazine rings is 1. The average Bonchev–Trinajstić information content (AvgIpc) is 2.91. The van der Waals surface area contributed by atoms with E-state index in [0.717, 1.165) is 48.5 Å². The van der Waals surface area contributed by atoms with Gasteiger partial charge in [0.25, 0.3) is 0 Å². The molecule has 0 aliphatic carbocycles. The zero-order chi connectivity index (χ0) is 22.6. The number of rotatable bonds is 6. The number of carbonyl (C=O) groups is 2. The number of hydrogen-bond donors (Lipinski definition) is 0. The van der Waals surface area contributed by atoms with Crippen LogP contribution in [0.5, 0.6) is 0 Å². The molecule has 0 atom stereocenters. The average molecular weight is 439 g/mol. The summed E-state index contributed by atoms with van der Waals surface area (Å²) >= 11 is 0. The number of pyridine rings is 1. The molecule has 0 bridgehead atoms. The lowest BCUT2D eigenvalue weighted by Crippen LogP contribution is -2.66. The highest BCUT2D eigenvalue weighted by atomic mass is 19.1. The molecule has 0 saturated carbocycles. The topological polar surface area (TPSA) is 72.0 Å². The van der Waals surface area contributed by atoms with Gasteiger partial charge in [-0.05, 0) is 56.0 Å². The van der Waals surface area contributed by atoms with E-state index in [-0.39, 0.29) is 12.4 Å². The molecule has 0 radical (unpaired) electrons. The van der Waals surface area contributed by atoms with E-state index < -0.39 is 17.8 Å². The molecule has 2 aromatic rings. The van der Waals surface area contributed by atoms with Crippen LogP contribution in [-0.2, 0) is 25.5 Å². The van der Waals surface area contributed by atoms with Gasteiger partial charge in [-0.25, -0.2) is 23.9 Å². The summed E-state index contributed by atoms with van der Waals surface area (Å²) in [5, 5.41) is 0. The fourth-order valence-corrected chi connectivity index (χ4v) is 4.03. The molecule has 3 heterocycles. The summed E-state index contributed by atoms with van der Waals surface area (Å²) in [5.41, 5.74) is 1.93. The molecule has 2 aliphatic rings. The minimum absolute atomic E-state index is 0.167. The number of esters is 2. The smallest absolute Gasteiger partial charge is 0.339 e. The molecule has 168 valence electrons. The first-order valence-electron chi connectivity index (χ1n) is 10.8. The molecule has 1 fully saturated rings. The third kappa shape index (κ3) is 5.13. The molecule has 1 spiro atoms. The first-order valence-corrected chi connectivity index (χ1v) is 10.8. The number of aromatic nitrogens is 1. The van der Waals surface area contributed by atoms with E-state index in [4.69, 9.17) is 9.47 Å². The van der Waals surface area contributed by atoms with E-state index >= 15 is 0 Å². The highest BCUT2D eigenvalue weighted by molar-refractivity contribution is 5.93. The SMILES string of the molecule is Cc1cccc(N2CCN(CCCCc3ccc(F)cc3)C3(C2)OC(=O)C=CC(=O)O3)n1. The maximum Gasteiger partial charge on any atom is 0.339 e. The Morgan fingerprint density at radius 2 is 1.72 bits per heavy atom. The van der Waals surface area contributed by atoms with Crippen molar-refractivity contribution in [3.63, 3.8) is 0 Å². The van der Waals surface area contributed by atoms with Crippen molar-refractivity contribution in [1.29, 1.82) is 0 Å². The third-order valence-corrected chi connectivity index (χ3v) is 5.64. The van der Waals surface area contributed by atoms with E-state index in [2.05, 4.69) is 4.98 Å². The summed E-state index contributed by atoms with van der Waals surface area (Å²) in [6, 6.07) is 12.2. The van der Waals surface area contributed by atoms with E-state index in [1.54, 1.807) is 12.1 Å². The van der Waals surface area contributed by atoms with Crippen LogP contribution >= 0.6 is 0 Å². The molecule has 32 heavy (non-hydrogen) atoms. The largest absolute Gasteiger partial charge is 0.403 e. The van der Waals surface area contributed by atoms with Crippen molar-refractivity contribution in [3.8, 4) is 0 Å². The molecule has 1 saturated heterocycles. The fourth-order valence-electron chi connectivity index (χ4n) is 4.03. The minimum atomic E-state index is -1.52. The first kappa shape index (κ1) is 22.0. The zero-order valence-corrected chi connectivity index (χ0v) is 18.0. The van der Waals surface area contributed by atoms with Crippen LogP contribution in [0, 0.1) is 12.7 Å². The number of nitrogens with zero attached hydrogens (tertiary/aromatic N) is 3. The normalized spacial score (nSPS) is 18.4. The van der Waals surface area contributed by atoms with Crippen LogP contribution in [0.1, 0.15) is 24.1 Å². The molecule has 1 aromatic heterocycles. The highest BCUT2D eigenvalue weighted by Crippen LogP contribution is 2.30. The zero-order valence-electron chi connectivity index (χ0n) is 18.0. The highest BCUT2D eigenvalue weighted by Gasteiger charge is 2.49. The second kappa shape index (κ2) is 9.48. The maximum absolute atomic E-state index is 13.1. The number of benzene rings is 1. The summed E-state index contributed by atoms with van der Waals surface area (Å²) in [6.45, 7) is 3.84. The molecule has 1 aromatic carbocycles. The Hall–Kier alpha value is -3.26. The standard InChI is InChI=1S/C24H26FN3O4/c1-18-5-4-7-21(26-18)27-15-16-28(14-3-2-6-19-8-10-20(25)11-9-19)24(17-27)31-22(29)12-13-23(30)32-24/h4-5,7-13H,2-3,6,14-17H2,1H3. The van der Waals surface area contributed by atoms with Crippen molar-refractivity contribution in [2.24, 2.45) is 0 Å². The number of hydrogen-bond acceptors (Lipinski definition) is 7. The molecule has 4 rings (SSSR count). The van der Waals surface area contributed by atoms with Crippen LogP contribution in [0.15, 0.2) is 54.6 Å². The van der Waals surface area contributed by atoms with Gasteiger partial charge in [-0.15, -0.1) is 0 Å². The second-order valence-electron chi connectivity index (χ2n) is 8.02. The first-order chi connectivity index (χ1) is 15.4.